The Morgan fingerprint density at radius 2 is 1.92 bits per heavy atom. The normalized spacial score (nSPS) is 20.4. The Kier molecular flexibility index (Phi) is 5.49. The molecule has 1 saturated heterocycles. The summed E-state index contributed by atoms with van der Waals surface area (Å²) in [6.45, 7) is 3.63. The van der Waals surface area contributed by atoms with Gasteiger partial charge in [-0.05, 0) is 56.1 Å². The van der Waals surface area contributed by atoms with Crippen molar-refractivity contribution in [1.82, 2.24) is 10.6 Å². The second-order valence-electron chi connectivity index (χ2n) is 6.35. The fourth-order valence-electron chi connectivity index (χ4n) is 2.98. The largest absolute Gasteiger partial charge is 0.489 e. The Hall–Kier alpha value is -2.33. The SMILES string of the molecule is CC1CC(NC(=O)c2ccc(OCc3ccccc3)cc2)CCN1. The van der Waals surface area contributed by atoms with Gasteiger partial charge in [0.15, 0.2) is 0 Å². The van der Waals surface area contributed by atoms with Crippen LogP contribution in [0.3, 0.4) is 0 Å². The summed E-state index contributed by atoms with van der Waals surface area (Å²) >= 11 is 0. The van der Waals surface area contributed by atoms with Crippen molar-refractivity contribution in [3.8, 4) is 5.75 Å². The topological polar surface area (TPSA) is 50.4 Å². The standard InChI is InChI=1S/C20H24N2O2/c1-15-13-18(11-12-21-15)22-20(23)17-7-9-19(10-8-17)24-14-16-5-3-2-4-6-16/h2-10,15,18,21H,11-14H2,1H3,(H,22,23). The molecule has 1 aliphatic heterocycles. The Balaban J connectivity index is 1.52. The van der Waals surface area contributed by atoms with Gasteiger partial charge in [-0.2, -0.15) is 0 Å². The fraction of sp³-hybridized carbons (Fsp3) is 0.350. The van der Waals surface area contributed by atoms with Crippen LogP contribution in [0.5, 0.6) is 5.75 Å². The predicted octanol–water partition coefficient (Wildman–Crippen LogP) is 3.14. The third-order valence-electron chi connectivity index (χ3n) is 4.32. The van der Waals surface area contributed by atoms with E-state index in [0.717, 1.165) is 30.7 Å². The zero-order valence-electron chi connectivity index (χ0n) is 14.0. The highest BCUT2D eigenvalue weighted by molar-refractivity contribution is 5.94. The zero-order chi connectivity index (χ0) is 16.8. The highest BCUT2D eigenvalue weighted by atomic mass is 16.5. The second kappa shape index (κ2) is 7.97. The van der Waals surface area contributed by atoms with Crippen LogP contribution >= 0.6 is 0 Å². The Morgan fingerprint density at radius 3 is 2.62 bits per heavy atom. The van der Waals surface area contributed by atoms with Gasteiger partial charge < -0.3 is 15.4 Å². The summed E-state index contributed by atoms with van der Waals surface area (Å²) in [4.78, 5) is 12.3. The molecule has 1 fully saturated rings. The number of rotatable bonds is 5. The van der Waals surface area contributed by atoms with Crippen molar-refractivity contribution in [2.75, 3.05) is 6.54 Å². The van der Waals surface area contributed by atoms with Gasteiger partial charge in [-0.15, -0.1) is 0 Å². The van der Waals surface area contributed by atoms with Crippen LogP contribution in [0.15, 0.2) is 54.6 Å². The fourth-order valence-corrected chi connectivity index (χ4v) is 2.98. The molecular formula is C20H24N2O2. The molecule has 3 rings (SSSR count). The molecule has 24 heavy (non-hydrogen) atoms. The number of hydrogen-bond acceptors (Lipinski definition) is 3. The molecule has 0 bridgehead atoms. The van der Waals surface area contributed by atoms with E-state index in [1.807, 2.05) is 54.6 Å². The number of piperidine rings is 1. The summed E-state index contributed by atoms with van der Waals surface area (Å²) in [5.41, 5.74) is 1.80. The number of carbonyl (C=O) groups excluding carboxylic acids is 1. The van der Waals surface area contributed by atoms with E-state index in [0.29, 0.717) is 18.2 Å². The lowest BCUT2D eigenvalue weighted by Crippen LogP contribution is -2.46. The van der Waals surface area contributed by atoms with E-state index in [9.17, 15) is 4.79 Å². The lowest BCUT2D eigenvalue weighted by atomic mass is 10.0. The van der Waals surface area contributed by atoms with Crippen molar-refractivity contribution in [2.24, 2.45) is 0 Å². The van der Waals surface area contributed by atoms with Crippen molar-refractivity contribution in [2.45, 2.75) is 38.5 Å². The number of amides is 1. The van der Waals surface area contributed by atoms with Gasteiger partial charge in [-0.3, -0.25) is 4.79 Å². The first-order valence-corrected chi connectivity index (χ1v) is 8.52. The maximum Gasteiger partial charge on any atom is 0.251 e. The van der Waals surface area contributed by atoms with Crippen molar-refractivity contribution < 1.29 is 9.53 Å². The summed E-state index contributed by atoms with van der Waals surface area (Å²) in [5.74, 6) is 0.759. The summed E-state index contributed by atoms with van der Waals surface area (Å²) in [6.07, 6.45) is 1.96. The van der Waals surface area contributed by atoms with Crippen molar-refractivity contribution in [3.05, 3.63) is 65.7 Å². The van der Waals surface area contributed by atoms with Crippen LogP contribution in [0.25, 0.3) is 0 Å². The van der Waals surface area contributed by atoms with Crippen molar-refractivity contribution in [1.29, 1.82) is 0 Å². The zero-order valence-corrected chi connectivity index (χ0v) is 14.0. The molecule has 0 saturated carbocycles. The lowest BCUT2D eigenvalue weighted by molar-refractivity contribution is 0.0925. The van der Waals surface area contributed by atoms with E-state index in [1.165, 1.54) is 0 Å². The highest BCUT2D eigenvalue weighted by Crippen LogP contribution is 2.15. The van der Waals surface area contributed by atoms with Crippen LogP contribution in [0.2, 0.25) is 0 Å². The second-order valence-corrected chi connectivity index (χ2v) is 6.35. The van der Waals surface area contributed by atoms with E-state index >= 15 is 0 Å². The van der Waals surface area contributed by atoms with Crippen molar-refractivity contribution >= 4 is 5.91 Å². The maximum absolute atomic E-state index is 12.3. The molecule has 1 amide bonds. The van der Waals surface area contributed by atoms with Crippen LogP contribution < -0.4 is 15.4 Å². The predicted molar refractivity (Wildman–Crippen MR) is 95.2 cm³/mol. The van der Waals surface area contributed by atoms with Gasteiger partial charge in [0.05, 0.1) is 0 Å². The monoisotopic (exact) mass is 324 g/mol. The smallest absolute Gasteiger partial charge is 0.251 e. The number of hydrogen-bond donors (Lipinski definition) is 2. The first kappa shape index (κ1) is 16.5. The van der Waals surface area contributed by atoms with Crippen LogP contribution in [-0.4, -0.2) is 24.5 Å². The van der Waals surface area contributed by atoms with Gasteiger partial charge in [0.1, 0.15) is 12.4 Å². The van der Waals surface area contributed by atoms with Gasteiger partial charge in [0, 0.05) is 17.6 Å². The molecule has 1 aliphatic rings. The van der Waals surface area contributed by atoms with Crippen LogP contribution in [0.1, 0.15) is 35.7 Å². The molecule has 2 aromatic rings. The molecule has 1 heterocycles. The molecule has 2 aromatic carbocycles. The van der Waals surface area contributed by atoms with Gasteiger partial charge >= 0.3 is 0 Å². The summed E-state index contributed by atoms with van der Waals surface area (Å²) in [5, 5.41) is 6.52. The van der Waals surface area contributed by atoms with E-state index in [-0.39, 0.29) is 11.9 Å². The third-order valence-corrected chi connectivity index (χ3v) is 4.32. The summed E-state index contributed by atoms with van der Waals surface area (Å²) in [7, 11) is 0. The molecule has 0 spiro atoms. The van der Waals surface area contributed by atoms with Crippen molar-refractivity contribution in [3.63, 3.8) is 0 Å². The quantitative estimate of drug-likeness (QED) is 0.888. The van der Waals surface area contributed by atoms with Crippen LogP contribution in [0, 0.1) is 0 Å². The molecule has 0 aliphatic carbocycles. The average molecular weight is 324 g/mol. The molecular weight excluding hydrogens is 300 g/mol. The van der Waals surface area contributed by atoms with Crippen LogP contribution in [-0.2, 0) is 6.61 Å². The minimum atomic E-state index is -0.0105. The number of benzene rings is 2. The van der Waals surface area contributed by atoms with E-state index < -0.39 is 0 Å². The molecule has 4 heteroatoms. The highest BCUT2D eigenvalue weighted by Gasteiger charge is 2.20. The number of nitrogens with one attached hydrogen (secondary N) is 2. The summed E-state index contributed by atoms with van der Waals surface area (Å²) in [6, 6.07) is 18.1. The molecule has 0 aromatic heterocycles. The third kappa shape index (κ3) is 4.59. The van der Waals surface area contributed by atoms with Crippen LogP contribution in [0.4, 0.5) is 0 Å². The Bertz CT molecular complexity index is 655. The molecule has 2 N–H and O–H groups in total. The first-order valence-electron chi connectivity index (χ1n) is 8.52. The molecule has 126 valence electrons. The Morgan fingerprint density at radius 1 is 1.17 bits per heavy atom. The minimum Gasteiger partial charge on any atom is -0.489 e. The summed E-state index contributed by atoms with van der Waals surface area (Å²) < 4.78 is 5.75. The molecule has 0 radical (unpaired) electrons. The van der Waals surface area contributed by atoms with Gasteiger partial charge in [-0.25, -0.2) is 0 Å². The maximum atomic E-state index is 12.3. The van der Waals surface area contributed by atoms with E-state index in [4.69, 9.17) is 4.74 Å². The number of ether oxygens (including phenoxy) is 1. The minimum absolute atomic E-state index is 0.0105. The van der Waals surface area contributed by atoms with Gasteiger partial charge in [0.25, 0.3) is 5.91 Å². The molecule has 2 atom stereocenters. The number of carbonyl (C=O) groups is 1. The van der Waals surface area contributed by atoms with E-state index in [1.54, 1.807) is 0 Å². The van der Waals surface area contributed by atoms with Gasteiger partial charge in [-0.1, -0.05) is 30.3 Å². The molecule has 2 unspecified atom stereocenters. The first-order chi connectivity index (χ1) is 11.7. The Labute approximate surface area is 143 Å². The average Bonchev–Trinajstić information content (AvgIpc) is 2.61. The van der Waals surface area contributed by atoms with Gasteiger partial charge in [0.2, 0.25) is 0 Å². The van der Waals surface area contributed by atoms with E-state index in [2.05, 4.69) is 17.6 Å². The molecule has 4 nitrogen and oxygen atoms in total. The lowest BCUT2D eigenvalue weighted by Gasteiger charge is -2.28.